The van der Waals surface area contributed by atoms with E-state index >= 15 is 0 Å². The molecule has 34 heavy (non-hydrogen) atoms. The number of ether oxygens (including phenoxy) is 1. The number of benzene rings is 1. The molecule has 2 aliphatic rings. The first-order chi connectivity index (χ1) is 16.0. The minimum Gasteiger partial charge on any atom is -0.459 e. The van der Waals surface area contributed by atoms with Gasteiger partial charge in [0.15, 0.2) is 0 Å². The van der Waals surface area contributed by atoms with Crippen LogP contribution in [-0.4, -0.2) is 57.1 Å². The number of rotatable bonds is 4. The SMILES string of the molecule is Cn1c(=O)n(C2CCC(=O)NC2=O)c2ccc(C3CCN(CC(=O)OC(C)(C)C)CC3)c(Cl)c21. The lowest BCUT2D eigenvalue weighted by Gasteiger charge is -2.32. The molecule has 3 heterocycles. The highest BCUT2D eigenvalue weighted by molar-refractivity contribution is 6.36. The van der Waals surface area contributed by atoms with Crippen LogP contribution in [0.3, 0.4) is 0 Å². The van der Waals surface area contributed by atoms with Gasteiger partial charge in [0.2, 0.25) is 11.8 Å². The van der Waals surface area contributed by atoms with E-state index in [4.69, 9.17) is 16.3 Å². The zero-order valence-electron chi connectivity index (χ0n) is 20.0. The van der Waals surface area contributed by atoms with Crippen molar-refractivity contribution < 1.29 is 19.1 Å². The Labute approximate surface area is 203 Å². The lowest BCUT2D eigenvalue weighted by atomic mass is 9.89. The molecule has 0 aliphatic carbocycles. The van der Waals surface area contributed by atoms with Crippen molar-refractivity contribution in [3.05, 3.63) is 33.2 Å². The summed E-state index contributed by atoms with van der Waals surface area (Å²) in [5, 5.41) is 2.83. The number of hydrogen-bond donors (Lipinski definition) is 1. The maximum absolute atomic E-state index is 13.1. The van der Waals surface area contributed by atoms with Crippen molar-refractivity contribution in [3.63, 3.8) is 0 Å². The molecule has 184 valence electrons. The summed E-state index contributed by atoms with van der Waals surface area (Å²) in [5.74, 6) is -0.827. The standard InChI is InChI=1S/C24H31ClN4O5/c1-24(2,3)34-19(31)13-28-11-9-14(10-12-28)15-5-6-16-21(20(15)25)27(4)23(33)29(16)17-7-8-18(30)26-22(17)32/h5-6,14,17H,7-13H2,1-4H3,(H,26,30,32). The van der Waals surface area contributed by atoms with Gasteiger partial charge in [-0.15, -0.1) is 0 Å². The Morgan fingerprint density at radius 1 is 1.15 bits per heavy atom. The number of fused-ring (bicyclic) bond motifs is 1. The summed E-state index contributed by atoms with van der Waals surface area (Å²) in [6.07, 6.45) is 2.12. The first-order valence-corrected chi connectivity index (χ1v) is 12.0. The molecule has 10 heteroatoms. The number of hydrogen-bond acceptors (Lipinski definition) is 6. The van der Waals surface area contributed by atoms with E-state index in [2.05, 4.69) is 10.2 Å². The third-order valence-corrected chi connectivity index (χ3v) is 6.93. The molecule has 1 aromatic carbocycles. The Bertz CT molecular complexity index is 1200. The van der Waals surface area contributed by atoms with E-state index in [1.807, 2.05) is 32.9 Å². The second kappa shape index (κ2) is 9.19. The van der Waals surface area contributed by atoms with Gasteiger partial charge in [-0.1, -0.05) is 17.7 Å². The lowest BCUT2D eigenvalue weighted by molar-refractivity contribution is -0.156. The van der Waals surface area contributed by atoms with Crippen molar-refractivity contribution in [1.29, 1.82) is 0 Å². The molecule has 1 atom stereocenters. The van der Waals surface area contributed by atoms with Gasteiger partial charge < -0.3 is 4.74 Å². The number of aryl methyl sites for hydroxylation is 1. The molecule has 1 aromatic heterocycles. The van der Waals surface area contributed by atoms with Crippen LogP contribution in [0.25, 0.3) is 11.0 Å². The van der Waals surface area contributed by atoms with Crippen LogP contribution in [0.1, 0.15) is 64.0 Å². The van der Waals surface area contributed by atoms with Gasteiger partial charge in [-0.25, -0.2) is 4.79 Å². The molecule has 0 radical (unpaired) electrons. The number of amides is 2. The molecule has 2 saturated heterocycles. The smallest absolute Gasteiger partial charge is 0.329 e. The van der Waals surface area contributed by atoms with E-state index in [0.717, 1.165) is 31.5 Å². The van der Waals surface area contributed by atoms with Crippen LogP contribution < -0.4 is 11.0 Å². The molecule has 4 rings (SSSR count). The highest BCUT2D eigenvalue weighted by Crippen LogP contribution is 2.37. The number of carbonyl (C=O) groups excluding carboxylic acids is 3. The number of halogens is 1. The number of likely N-dealkylation sites (tertiary alicyclic amines) is 1. The third-order valence-electron chi connectivity index (χ3n) is 6.53. The van der Waals surface area contributed by atoms with Gasteiger partial charge in [-0.05, 0) is 70.7 Å². The van der Waals surface area contributed by atoms with Gasteiger partial charge in [0.25, 0.3) is 0 Å². The van der Waals surface area contributed by atoms with Crippen LogP contribution in [0.15, 0.2) is 16.9 Å². The average Bonchev–Trinajstić information content (AvgIpc) is 2.99. The maximum Gasteiger partial charge on any atom is 0.329 e. The van der Waals surface area contributed by atoms with Crippen LogP contribution >= 0.6 is 11.6 Å². The number of imide groups is 1. The molecular weight excluding hydrogens is 460 g/mol. The molecule has 2 aliphatic heterocycles. The van der Waals surface area contributed by atoms with Gasteiger partial charge >= 0.3 is 11.7 Å². The van der Waals surface area contributed by atoms with Gasteiger partial charge in [-0.2, -0.15) is 0 Å². The maximum atomic E-state index is 13.1. The summed E-state index contributed by atoms with van der Waals surface area (Å²) in [7, 11) is 1.64. The molecule has 9 nitrogen and oxygen atoms in total. The van der Waals surface area contributed by atoms with Crippen molar-refractivity contribution >= 4 is 40.4 Å². The molecule has 1 N–H and O–H groups in total. The lowest BCUT2D eigenvalue weighted by Crippen LogP contribution is -2.44. The van der Waals surface area contributed by atoms with E-state index in [1.165, 1.54) is 9.13 Å². The normalized spacial score (nSPS) is 20.6. The van der Waals surface area contributed by atoms with E-state index in [9.17, 15) is 19.2 Å². The molecule has 0 saturated carbocycles. The molecule has 2 fully saturated rings. The number of piperidine rings is 2. The summed E-state index contributed by atoms with van der Waals surface area (Å²) in [6, 6.07) is 3.03. The molecule has 0 bridgehead atoms. The third kappa shape index (κ3) is 4.77. The van der Waals surface area contributed by atoms with Crippen molar-refractivity contribution in [1.82, 2.24) is 19.4 Å². The minimum absolute atomic E-state index is 0.187. The Morgan fingerprint density at radius 2 is 1.82 bits per heavy atom. The zero-order valence-corrected chi connectivity index (χ0v) is 20.8. The molecule has 1 unspecified atom stereocenters. The minimum atomic E-state index is -0.744. The Hall–Kier alpha value is -2.65. The molecule has 2 amide bonds. The number of nitrogens with one attached hydrogen (secondary N) is 1. The molecule has 0 spiro atoms. The summed E-state index contributed by atoms with van der Waals surface area (Å²) in [4.78, 5) is 51.3. The van der Waals surface area contributed by atoms with Gasteiger partial charge in [0.1, 0.15) is 11.6 Å². The van der Waals surface area contributed by atoms with Crippen LogP contribution in [0.5, 0.6) is 0 Å². The predicted molar refractivity (Wildman–Crippen MR) is 128 cm³/mol. The average molecular weight is 491 g/mol. The Balaban J connectivity index is 1.54. The fraction of sp³-hybridized carbons (Fsp3) is 0.583. The fourth-order valence-corrected chi connectivity index (χ4v) is 5.39. The highest BCUT2D eigenvalue weighted by atomic mass is 35.5. The molecular formula is C24H31ClN4O5. The predicted octanol–water partition coefficient (Wildman–Crippen LogP) is 2.49. The fourth-order valence-electron chi connectivity index (χ4n) is 4.95. The van der Waals surface area contributed by atoms with Crippen LogP contribution in [0.2, 0.25) is 5.02 Å². The summed E-state index contributed by atoms with van der Waals surface area (Å²) in [6.45, 7) is 7.32. The van der Waals surface area contributed by atoms with Gasteiger partial charge in [0, 0.05) is 13.5 Å². The van der Waals surface area contributed by atoms with Crippen LogP contribution in [-0.2, 0) is 26.2 Å². The number of imidazole rings is 1. The van der Waals surface area contributed by atoms with Gasteiger partial charge in [0.05, 0.1) is 22.6 Å². The first-order valence-electron chi connectivity index (χ1n) is 11.6. The second-order valence-corrected chi connectivity index (χ2v) is 10.5. The summed E-state index contributed by atoms with van der Waals surface area (Å²) < 4.78 is 8.34. The molecule has 2 aromatic rings. The van der Waals surface area contributed by atoms with E-state index in [0.29, 0.717) is 16.1 Å². The second-order valence-electron chi connectivity index (χ2n) is 10.2. The highest BCUT2D eigenvalue weighted by Gasteiger charge is 2.33. The number of esters is 1. The Morgan fingerprint density at radius 3 is 2.44 bits per heavy atom. The zero-order chi connectivity index (χ0) is 24.8. The summed E-state index contributed by atoms with van der Waals surface area (Å²) >= 11 is 6.84. The van der Waals surface area contributed by atoms with Gasteiger partial charge in [-0.3, -0.25) is 33.7 Å². The number of aromatic nitrogens is 2. The van der Waals surface area contributed by atoms with Crippen molar-refractivity contribution in [2.75, 3.05) is 19.6 Å². The van der Waals surface area contributed by atoms with E-state index in [-0.39, 0.29) is 42.9 Å². The van der Waals surface area contributed by atoms with Crippen molar-refractivity contribution in [2.24, 2.45) is 7.05 Å². The summed E-state index contributed by atoms with van der Waals surface area (Å²) in [5.41, 5.74) is 1.29. The quantitative estimate of drug-likeness (QED) is 0.521. The van der Waals surface area contributed by atoms with Crippen molar-refractivity contribution in [3.8, 4) is 0 Å². The topological polar surface area (TPSA) is 103 Å². The van der Waals surface area contributed by atoms with E-state index in [1.54, 1.807) is 7.05 Å². The van der Waals surface area contributed by atoms with Crippen LogP contribution in [0.4, 0.5) is 0 Å². The largest absolute Gasteiger partial charge is 0.459 e. The van der Waals surface area contributed by atoms with E-state index < -0.39 is 17.6 Å². The van der Waals surface area contributed by atoms with Crippen LogP contribution in [0, 0.1) is 0 Å². The van der Waals surface area contributed by atoms with Crippen molar-refractivity contribution in [2.45, 2.75) is 64.0 Å². The number of nitrogens with zero attached hydrogens (tertiary/aromatic N) is 3. The monoisotopic (exact) mass is 490 g/mol. The number of carbonyl (C=O) groups is 3. The Kier molecular flexibility index (Phi) is 6.61. The first kappa shape index (κ1) is 24.5.